The van der Waals surface area contributed by atoms with E-state index in [-0.39, 0.29) is 36.5 Å². The lowest BCUT2D eigenvalue weighted by Gasteiger charge is -2.35. The molecule has 0 radical (unpaired) electrons. The fraction of sp³-hybridized carbons (Fsp3) is 0.621. The summed E-state index contributed by atoms with van der Waals surface area (Å²) in [6.45, 7) is 6.40. The van der Waals surface area contributed by atoms with Gasteiger partial charge in [0, 0.05) is 37.2 Å². The lowest BCUT2D eigenvalue weighted by Crippen LogP contribution is -2.59. The third-order valence-electron chi connectivity index (χ3n) is 8.84. The third-order valence-corrected chi connectivity index (χ3v) is 8.84. The van der Waals surface area contributed by atoms with Gasteiger partial charge in [0.05, 0.1) is 6.04 Å². The number of hydrogen-bond donors (Lipinski definition) is 3. The van der Waals surface area contributed by atoms with Crippen LogP contribution in [0.5, 0.6) is 5.75 Å². The molecule has 3 N–H and O–H groups in total. The summed E-state index contributed by atoms with van der Waals surface area (Å²) in [5, 5.41) is 7.00. The summed E-state index contributed by atoms with van der Waals surface area (Å²) >= 11 is 0. The number of nitrogens with zero attached hydrogens (tertiary/aromatic N) is 1. The fourth-order valence-electron chi connectivity index (χ4n) is 6.28. The molecule has 1 aromatic carbocycles. The lowest BCUT2D eigenvalue weighted by atomic mass is 9.94. The molecular weight excluding hydrogens is 595 g/mol. The van der Waals surface area contributed by atoms with Crippen LogP contribution >= 0.6 is 0 Å². The SMILES string of the molecule is CC(C)[C@H](NC(=O)C(F)(F)F)C(=O)N1C[C@H]2[C@@H]([C@H]1C(=O)N[C@@H](C[C@@H]1CCNC1=O)C(=O)COc1cc(F)cc(F)c1)C2(C)C. The van der Waals surface area contributed by atoms with Crippen LogP contribution in [0.4, 0.5) is 22.0 Å². The van der Waals surface area contributed by atoms with Crippen molar-refractivity contribution in [2.75, 3.05) is 19.7 Å². The maximum Gasteiger partial charge on any atom is 0.471 e. The summed E-state index contributed by atoms with van der Waals surface area (Å²) < 4.78 is 71.5. The Morgan fingerprint density at radius 2 is 1.73 bits per heavy atom. The summed E-state index contributed by atoms with van der Waals surface area (Å²) in [7, 11) is 0. The Bertz CT molecular complexity index is 1320. The van der Waals surface area contributed by atoms with E-state index in [2.05, 4.69) is 10.6 Å². The van der Waals surface area contributed by atoms with E-state index in [4.69, 9.17) is 4.74 Å². The number of ether oxygens (including phenoxy) is 1. The number of hydrogen-bond acceptors (Lipinski definition) is 6. The van der Waals surface area contributed by atoms with Crippen molar-refractivity contribution in [3.05, 3.63) is 29.8 Å². The summed E-state index contributed by atoms with van der Waals surface area (Å²) in [5.41, 5.74) is -0.392. The van der Waals surface area contributed by atoms with Crippen LogP contribution in [0.25, 0.3) is 0 Å². The second-order valence-electron chi connectivity index (χ2n) is 12.5. The number of ketones is 1. The number of likely N-dealkylation sites (tertiary alicyclic amines) is 1. The van der Waals surface area contributed by atoms with Gasteiger partial charge in [0.1, 0.15) is 36.1 Å². The van der Waals surface area contributed by atoms with Gasteiger partial charge < -0.3 is 25.6 Å². The number of halogens is 5. The molecule has 2 aliphatic heterocycles. The molecule has 4 amide bonds. The zero-order valence-electron chi connectivity index (χ0n) is 24.6. The van der Waals surface area contributed by atoms with E-state index in [9.17, 15) is 45.9 Å². The summed E-state index contributed by atoms with van der Waals surface area (Å²) in [6, 6.07) is -1.67. The van der Waals surface area contributed by atoms with Crippen LogP contribution < -0.4 is 20.7 Å². The van der Waals surface area contributed by atoms with E-state index in [1.54, 1.807) is 5.32 Å². The van der Waals surface area contributed by atoms with Gasteiger partial charge in [-0.3, -0.25) is 24.0 Å². The van der Waals surface area contributed by atoms with Crippen molar-refractivity contribution in [1.82, 2.24) is 20.9 Å². The molecule has 3 fully saturated rings. The van der Waals surface area contributed by atoms with E-state index in [0.717, 1.165) is 17.0 Å². The number of carbonyl (C=O) groups is 5. The predicted octanol–water partition coefficient (Wildman–Crippen LogP) is 2.11. The van der Waals surface area contributed by atoms with Gasteiger partial charge in [-0.25, -0.2) is 8.78 Å². The minimum Gasteiger partial charge on any atom is -0.486 e. The number of carbonyl (C=O) groups excluding carboxylic acids is 5. The Morgan fingerprint density at radius 3 is 2.27 bits per heavy atom. The highest BCUT2D eigenvalue weighted by Crippen LogP contribution is 2.65. The zero-order valence-corrected chi connectivity index (χ0v) is 24.6. The number of alkyl halides is 3. The number of rotatable bonds is 11. The van der Waals surface area contributed by atoms with Gasteiger partial charge in [-0.2, -0.15) is 13.2 Å². The molecule has 0 spiro atoms. The number of nitrogens with one attached hydrogen (secondary N) is 3. The smallest absolute Gasteiger partial charge is 0.471 e. The molecule has 2 saturated heterocycles. The van der Waals surface area contributed by atoms with Crippen LogP contribution in [0.1, 0.15) is 40.5 Å². The highest BCUT2D eigenvalue weighted by molar-refractivity contribution is 5.97. The molecule has 0 unspecified atom stereocenters. The maximum absolute atomic E-state index is 13.8. The Balaban J connectivity index is 1.55. The van der Waals surface area contributed by atoms with Crippen molar-refractivity contribution < 1.29 is 50.7 Å². The van der Waals surface area contributed by atoms with Crippen LogP contribution in [0.15, 0.2) is 18.2 Å². The minimum atomic E-state index is -5.22. The molecule has 1 saturated carbocycles. The van der Waals surface area contributed by atoms with Crippen molar-refractivity contribution in [3.63, 3.8) is 0 Å². The molecule has 242 valence electrons. The van der Waals surface area contributed by atoms with Crippen LogP contribution in [0, 0.1) is 40.7 Å². The molecular formula is C29H35F5N4O6. The Hall–Kier alpha value is -3.78. The van der Waals surface area contributed by atoms with Gasteiger partial charge >= 0.3 is 12.1 Å². The van der Waals surface area contributed by atoms with Gasteiger partial charge in [0.2, 0.25) is 17.7 Å². The molecule has 15 heteroatoms. The molecule has 10 nitrogen and oxygen atoms in total. The molecule has 44 heavy (non-hydrogen) atoms. The number of piperidine rings is 1. The second-order valence-corrected chi connectivity index (χ2v) is 12.5. The molecule has 0 aromatic heterocycles. The van der Waals surface area contributed by atoms with Gasteiger partial charge in [-0.1, -0.05) is 27.7 Å². The molecule has 1 aromatic rings. The first-order valence-electron chi connectivity index (χ1n) is 14.3. The first-order valence-corrected chi connectivity index (χ1v) is 14.3. The average Bonchev–Trinajstić information content (AvgIpc) is 3.25. The molecule has 6 atom stereocenters. The number of amides is 4. The van der Waals surface area contributed by atoms with Gasteiger partial charge in [0.25, 0.3) is 0 Å². The average molecular weight is 631 g/mol. The van der Waals surface area contributed by atoms with Crippen LogP contribution in [-0.4, -0.2) is 78.3 Å². The minimum absolute atomic E-state index is 0.0532. The quantitative estimate of drug-likeness (QED) is 0.321. The van der Waals surface area contributed by atoms with Crippen LogP contribution in [-0.2, 0) is 24.0 Å². The standard InChI is InChI=1S/C29H35F5N4O6/c1-13(2)22(37-27(43)29(32,33)34)26(42)38-11-18-21(28(18,3)4)23(38)25(41)36-19(7-14-5-6-35-24(14)40)20(39)12-44-17-9-15(30)8-16(31)10-17/h8-10,13-14,18-19,21-23H,5-7,11-12H2,1-4H3,(H,35,40)(H,36,41)(H,37,43)/t14-,18-,19-,21-,22-,23-/m0/s1. The number of fused-ring (bicyclic) bond motifs is 1. The topological polar surface area (TPSA) is 134 Å². The lowest BCUT2D eigenvalue weighted by molar-refractivity contribution is -0.175. The van der Waals surface area contributed by atoms with E-state index in [1.807, 2.05) is 13.8 Å². The highest BCUT2D eigenvalue weighted by atomic mass is 19.4. The molecule has 4 rings (SSSR count). The monoisotopic (exact) mass is 630 g/mol. The molecule has 0 bridgehead atoms. The molecule has 2 heterocycles. The zero-order chi connectivity index (χ0) is 32.7. The molecule has 3 aliphatic rings. The predicted molar refractivity (Wildman–Crippen MR) is 144 cm³/mol. The highest BCUT2D eigenvalue weighted by Gasteiger charge is 2.69. The van der Waals surface area contributed by atoms with Crippen molar-refractivity contribution in [1.29, 1.82) is 0 Å². The van der Waals surface area contributed by atoms with Crippen molar-refractivity contribution in [3.8, 4) is 5.75 Å². The van der Waals surface area contributed by atoms with Crippen molar-refractivity contribution >= 4 is 29.4 Å². The Morgan fingerprint density at radius 1 is 1.09 bits per heavy atom. The Labute approximate surface area is 250 Å². The van der Waals surface area contributed by atoms with E-state index in [1.165, 1.54) is 13.8 Å². The Kier molecular flexibility index (Phi) is 9.27. The summed E-state index contributed by atoms with van der Waals surface area (Å²) in [5.74, 6) is -8.99. The van der Waals surface area contributed by atoms with Crippen LogP contribution in [0.2, 0.25) is 0 Å². The molecule has 1 aliphatic carbocycles. The van der Waals surface area contributed by atoms with Crippen molar-refractivity contribution in [2.24, 2.45) is 29.1 Å². The fourth-order valence-corrected chi connectivity index (χ4v) is 6.28. The maximum atomic E-state index is 13.8. The number of benzene rings is 1. The van der Waals surface area contributed by atoms with Gasteiger partial charge in [-0.15, -0.1) is 0 Å². The second kappa shape index (κ2) is 12.3. The van der Waals surface area contributed by atoms with E-state index in [0.29, 0.717) is 19.0 Å². The third kappa shape index (κ3) is 6.96. The number of Topliss-reactive ketones (excluding diaryl/α,β-unsaturated/α-hetero) is 1. The largest absolute Gasteiger partial charge is 0.486 e. The normalized spacial score (nSPS) is 25.1. The summed E-state index contributed by atoms with van der Waals surface area (Å²) in [6.07, 6.45) is -4.96. The first-order chi connectivity index (χ1) is 20.4. The first kappa shape index (κ1) is 33.1. The van der Waals surface area contributed by atoms with Crippen molar-refractivity contribution in [2.45, 2.75) is 64.8 Å². The van der Waals surface area contributed by atoms with E-state index < -0.39 is 83.3 Å². The summed E-state index contributed by atoms with van der Waals surface area (Å²) in [4.78, 5) is 65.8. The van der Waals surface area contributed by atoms with Crippen LogP contribution in [0.3, 0.4) is 0 Å². The van der Waals surface area contributed by atoms with Gasteiger partial charge in [-0.05, 0) is 36.0 Å². The van der Waals surface area contributed by atoms with E-state index >= 15 is 0 Å². The van der Waals surface area contributed by atoms with Gasteiger partial charge in [0.15, 0.2) is 5.78 Å².